The number of nitrogens with two attached hydrogens (primary N) is 1. The van der Waals surface area contributed by atoms with Gasteiger partial charge in [-0.2, -0.15) is 0 Å². The summed E-state index contributed by atoms with van der Waals surface area (Å²) < 4.78 is 0. The van der Waals surface area contributed by atoms with Crippen LogP contribution in [0.3, 0.4) is 0 Å². The van der Waals surface area contributed by atoms with E-state index in [4.69, 9.17) is 5.73 Å². The smallest absolute Gasteiger partial charge is 0.293 e. The van der Waals surface area contributed by atoms with Crippen molar-refractivity contribution in [2.45, 2.75) is 31.2 Å². The first kappa shape index (κ1) is 9.77. The van der Waals surface area contributed by atoms with Gasteiger partial charge in [-0.25, -0.2) is 4.98 Å². The molecule has 0 unspecified atom stereocenters. The summed E-state index contributed by atoms with van der Waals surface area (Å²) in [6.45, 7) is 1.33. The molecule has 16 heavy (non-hydrogen) atoms. The minimum absolute atomic E-state index is 0.101. The number of carbonyl (C=O) groups is 1. The minimum Gasteiger partial charge on any atom is -0.334 e. The van der Waals surface area contributed by atoms with Crippen molar-refractivity contribution < 1.29 is 4.79 Å². The Bertz CT molecular complexity index is 411. The van der Waals surface area contributed by atoms with Crippen LogP contribution < -0.4 is 5.73 Å². The first-order chi connectivity index (χ1) is 7.74. The van der Waals surface area contributed by atoms with E-state index in [9.17, 15) is 4.79 Å². The lowest BCUT2D eigenvalue weighted by atomic mass is 10.3. The summed E-state index contributed by atoms with van der Waals surface area (Å²) in [7, 11) is 0. The molecule has 1 aromatic rings. The summed E-state index contributed by atoms with van der Waals surface area (Å²) >= 11 is 0. The average molecular weight is 221 g/mol. The molecule has 1 amide bonds. The highest BCUT2D eigenvalue weighted by Gasteiger charge is 2.31. The SMILES string of the molecule is N[C@H]1CCN(C(=O)c2n[nH]c(C3CC3)n2)C1. The standard InChI is InChI=1S/C10H15N5O/c11-7-3-4-15(5-7)10(16)9-12-8(13-14-9)6-1-2-6/h6-7H,1-5,11H2,(H,12,13,14)/t7-/m0/s1. The Morgan fingerprint density at radius 2 is 2.25 bits per heavy atom. The van der Waals surface area contributed by atoms with E-state index >= 15 is 0 Å². The highest BCUT2D eigenvalue weighted by Crippen LogP contribution is 2.37. The van der Waals surface area contributed by atoms with E-state index in [1.165, 1.54) is 0 Å². The van der Waals surface area contributed by atoms with Crippen molar-refractivity contribution in [3.63, 3.8) is 0 Å². The predicted molar refractivity (Wildman–Crippen MR) is 56.9 cm³/mol. The fourth-order valence-electron chi connectivity index (χ4n) is 2.02. The van der Waals surface area contributed by atoms with Gasteiger partial charge in [-0.1, -0.05) is 0 Å². The third-order valence-corrected chi connectivity index (χ3v) is 3.17. The summed E-state index contributed by atoms with van der Waals surface area (Å²) in [5, 5.41) is 6.82. The van der Waals surface area contributed by atoms with Crippen molar-refractivity contribution in [2.24, 2.45) is 5.73 Å². The van der Waals surface area contributed by atoms with E-state index in [0.29, 0.717) is 19.0 Å². The van der Waals surface area contributed by atoms with Crippen molar-refractivity contribution >= 4 is 5.91 Å². The van der Waals surface area contributed by atoms with E-state index in [-0.39, 0.29) is 17.8 Å². The molecular weight excluding hydrogens is 206 g/mol. The first-order valence-corrected chi connectivity index (χ1v) is 5.71. The highest BCUT2D eigenvalue weighted by molar-refractivity contribution is 5.90. The number of aromatic amines is 1. The second-order valence-electron chi connectivity index (χ2n) is 4.62. The van der Waals surface area contributed by atoms with E-state index in [2.05, 4.69) is 15.2 Å². The van der Waals surface area contributed by atoms with Crippen LogP contribution in [-0.4, -0.2) is 45.1 Å². The molecule has 3 N–H and O–H groups in total. The third-order valence-electron chi connectivity index (χ3n) is 3.17. The number of nitrogens with zero attached hydrogens (tertiary/aromatic N) is 3. The minimum atomic E-state index is -0.101. The Balaban J connectivity index is 1.73. The Morgan fingerprint density at radius 1 is 1.44 bits per heavy atom. The maximum Gasteiger partial charge on any atom is 0.293 e. The van der Waals surface area contributed by atoms with E-state index in [0.717, 1.165) is 25.1 Å². The van der Waals surface area contributed by atoms with Gasteiger partial charge < -0.3 is 10.6 Å². The van der Waals surface area contributed by atoms with Crippen molar-refractivity contribution in [2.75, 3.05) is 13.1 Å². The normalized spacial score (nSPS) is 25.1. The molecule has 2 aliphatic rings. The number of nitrogens with one attached hydrogen (secondary N) is 1. The first-order valence-electron chi connectivity index (χ1n) is 5.71. The highest BCUT2D eigenvalue weighted by atomic mass is 16.2. The van der Waals surface area contributed by atoms with Crippen LogP contribution >= 0.6 is 0 Å². The number of carbonyl (C=O) groups excluding carboxylic acids is 1. The Morgan fingerprint density at radius 3 is 2.88 bits per heavy atom. The van der Waals surface area contributed by atoms with E-state index in [1.54, 1.807) is 4.90 Å². The summed E-state index contributed by atoms with van der Waals surface area (Å²) in [4.78, 5) is 17.9. The number of H-pyrrole nitrogens is 1. The molecule has 1 aromatic heterocycles. The summed E-state index contributed by atoms with van der Waals surface area (Å²) in [5.74, 6) is 1.54. The zero-order chi connectivity index (χ0) is 11.1. The molecule has 1 aliphatic heterocycles. The van der Waals surface area contributed by atoms with Crippen LogP contribution in [0.5, 0.6) is 0 Å². The molecule has 86 valence electrons. The number of aromatic nitrogens is 3. The molecule has 0 radical (unpaired) electrons. The molecule has 1 saturated carbocycles. The van der Waals surface area contributed by atoms with Crippen LogP contribution in [0.15, 0.2) is 0 Å². The van der Waals surface area contributed by atoms with Crippen molar-refractivity contribution in [3.8, 4) is 0 Å². The zero-order valence-electron chi connectivity index (χ0n) is 9.02. The largest absolute Gasteiger partial charge is 0.334 e. The molecule has 1 atom stereocenters. The number of amides is 1. The Labute approximate surface area is 93.2 Å². The maximum atomic E-state index is 12.0. The molecule has 0 bridgehead atoms. The van der Waals surface area contributed by atoms with Crippen molar-refractivity contribution in [3.05, 3.63) is 11.6 Å². The quantitative estimate of drug-likeness (QED) is 0.727. The predicted octanol–water partition coefficient (Wildman–Crippen LogP) is -0.145. The van der Waals surface area contributed by atoms with Gasteiger partial charge in [0.2, 0.25) is 5.82 Å². The molecule has 0 spiro atoms. The van der Waals surface area contributed by atoms with Crippen LogP contribution in [0.25, 0.3) is 0 Å². The lowest BCUT2D eigenvalue weighted by Crippen LogP contribution is -2.32. The fraction of sp³-hybridized carbons (Fsp3) is 0.700. The molecule has 2 heterocycles. The monoisotopic (exact) mass is 221 g/mol. The average Bonchev–Trinajstić information content (AvgIpc) is 2.86. The van der Waals surface area contributed by atoms with Crippen LogP contribution in [0, 0.1) is 0 Å². The summed E-state index contributed by atoms with van der Waals surface area (Å²) in [5.41, 5.74) is 5.76. The summed E-state index contributed by atoms with van der Waals surface area (Å²) in [6.07, 6.45) is 3.17. The molecule has 6 nitrogen and oxygen atoms in total. The maximum absolute atomic E-state index is 12.0. The Hall–Kier alpha value is -1.43. The van der Waals surface area contributed by atoms with Gasteiger partial charge in [-0.15, -0.1) is 5.10 Å². The number of rotatable bonds is 2. The molecule has 1 aliphatic carbocycles. The number of likely N-dealkylation sites (tertiary alicyclic amines) is 1. The lowest BCUT2D eigenvalue weighted by molar-refractivity contribution is 0.0779. The lowest BCUT2D eigenvalue weighted by Gasteiger charge is -2.12. The Kier molecular flexibility index (Phi) is 2.17. The second kappa shape index (κ2) is 3.55. The number of hydrogen-bond acceptors (Lipinski definition) is 4. The van der Waals surface area contributed by atoms with Gasteiger partial charge in [-0.05, 0) is 19.3 Å². The second-order valence-corrected chi connectivity index (χ2v) is 4.62. The topological polar surface area (TPSA) is 87.9 Å². The third kappa shape index (κ3) is 1.69. The molecule has 2 fully saturated rings. The van der Waals surface area contributed by atoms with Crippen LogP contribution in [0.1, 0.15) is 41.6 Å². The summed E-state index contributed by atoms with van der Waals surface area (Å²) in [6, 6.07) is 0.103. The van der Waals surface area contributed by atoms with E-state index < -0.39 is 0 Å². The molecule has 3 rings (SSSR count). The van der Waals surface area contributed by atoms with Crippen molar-refractivity contribution in [1.82, 2.24) is 20.1 Å². The van der Waals surface area contributed by atoms with Gasteiger partial charge in [0.15, 0.2) is 0 Å². The van der Waals surface area contributed by atoms with Crippen LogP contribution in [0.2, 0.25) is 0 Å². The molecule has 0 aromatic carbocycles. The van der Waals surface area contributed by atoms with Gasteiger partial charge >= 0.3 is 0 Å². The van der Waals surface area contributed by atoms with Gasteiger partial charge in [0.1, 0.15) is 5.82 Å². The van der Waals surface area contributed by atoms with E-state index in [1.807, 2.05) is 0 Å². The molecular formula is C10H15N5O. The molecule has 6 heteroatoms. The van der Waals surface area contributed by atoms with Crippen LogP contribution in [-0.2, 0) is 0 Å². The molecule has 1 saturated heterocycles. The van der Waals surface area contributed by atoms with Gasteiger partial charge in [0.25, 0.3) is 5.91 Å². The number of hydrogen-bond donors (Lipinski definition) is 2. The van der Waals surface area contributed by atoms with Gasteiger partial charge in [0, 0.05) is 25.0 Å². The zero-order valence-corrected chi connectivity index (χ0v) is 9.02. The van der Waals surface area contributed by atoms with Gasteiger partial charge in [-0.3, -0.25) is 9.89 Å². The van der Waals surface area contributed by atoms with Gasteiger partial charge in [0.05, 0.1) is 0 Å². The van der Waals surface area contributed by atoms with Crippen LogP contribution in [0.4, 0.5) is 0 Å². The fourth-order valence-corrected chi connectivity index (χ4v) is 2.02. The van der Waals surface area contributed by atoms with Crippen molar-refractivity contribution in [1.29, 1.82) is 0 Å².